The molecule has 0 spiro atoms. The molecule has 11 heteroatoms. The van der Waals surface area contributed by atoms with Crippen molar-refractivity contribution in [2.75, 3.05) is 6.61 Å². The van der Waals surface area contributed by atoms with E-state index in [0.717, 1.165) is 29.7 Å². The van der Waals surface area contributed by atoms with Crippen LogP contribution in [-0.4, -0.2) is 61.0 Å². The summed E-state index contributed by atoms with van der Waals surface area (Å²) in [5.74, 6) is -1.80. The smallest absolute Gasteiger partial charge is 0.303 e. The van der Waals surface area contributed by atoms with Gasteiger partial charge in [-0.2, -0.15) is 0 Å². The molecule has 5 atom stereocenters. The second-order valence-electron chi connectivity index (χ2n) is 10.8. The molecule has 0 aromatic heterocycles. The van der Waals surface area contributed by atoms with Gasteiger partial charge in [0.25, 0.3) is 0 Å². The number of benzene rings is 2. The number of esters is 4. The molecule has 1 saturated heterocycles. The van der Waals surface area contributed by atoms with E-state index in [-0.39, 0.29) is 12.7 Å². The van der Waals surface area contributed by atoms with Crippen LogP contribution in [0.1, 0.15) is 76.2 Å². The summed E-state index contributed by atoms with van der Waals surface area (Å²) in [5, 5.41) is 0.515. The van der Waals surface area contributed by atoms with Crippen molar-refractivity contribution in [1.82, 2.24) is 0 Å². The molecule has 0 amide bonds. The zero-order chi connectivity index (χ0) is 31.1. The van der Waals surface area contributed by atoms with Crippen LogP contribution < -0.4 is 4.74 Å². The summed E-state index contributed by atoms with van der Waals surface area (Å²) < 4.78 is 34.2. The molecule has 232 valence electrons. The predicted molar refractivity (Wildman–Crippen MR) is 154 cm³/mol. The van der Waals surface area contributed by atoms with Gasteiger partial charge in [0, 0.05) is 32.7 Å². The molecule has 0 radical (unpaired) electrons. The predicted octanol–water partition coefficient (Wildman–Crippen LogP) is 5.05. The molecular weight excluding hydrogens is 580 g/mol. The van der Waals surface area contributed by atoms with Crippen LogP contribution in [0.2, 0.25) is 5.02 Å². The first-order valence-corrected chi connectivity index (χ1v) is 14.7. The van der Waals surface area contributed by atoms with E-state index >= 15 is 0 Å². The molecule has 2 aliphatic rings. The van der Waals surface area contributed by atoms with Gasteiger partial charge in [-0.05, 0) is 67.0 Å². The summed E-state index contributed by atoms with van der Waals surface area (Å²) in [4.78, 5) is 48.0. The Morgan fingerprint density at radius 2 is 1.40 bits per heavy atom. The van der Waals surface area contributed by atoms with Gasteiger partial charge >= 0.3 is 23.9 Å². The van der Waals surface area contributed by atoms with Crippen LogP contribution in [0, 0.1) is 0 Å². The quantitative estimate of drug-likeness (QED) is 0.265. The Hall–Kier alpha value is -3.63. The van der Waals surface area contributed by atoms with E-state index in [4.69, 9.17) is 40.0 Å². The Balaban J connectivity index is 1.65. The lowest BCUT2D eigenvalue weighted by atomic mass is 9.89. The number of hydrogen-bond acceptors (Lipinski definition) is 10. The standard InChI is InChI=1S/C32H37ClO10/c1-18(34)38-17-28-30(39-19(2)35)32(41-21(4)37)31(40-20(3)36)29(43-28)23-11-14-27(33)24(16-23)15-22-9-12-26(13-10-22)42-25-7-5-6-8-25/h9-14,16,25,28-32H,5-8,15,17H2,1-4H3/t28-,29+,30-,31+,32+/m1/s1. The second kappa shape index (κ2) is 14.7. The van der Waals surface area contributed by atoms with Gasteiger partial charge in [0.1, 0.15) is 24.6 Å². The molecule has 0 N–H and O–H groups in total. The van der Waals surface area contributed by atoms with Crippen molar-refractivity contribution in [3.05, 3.63) is 64.2 Å². The van der Waals surface area contributed by atoms with E-state index in [0.29, 0.717) is 17.0 Å². The molecule has 43 heavy (non-hydrogen) atoms. The molecule has 1 aliphatic heterocycles. The molecule has 0 bridgehead atoms. The van der Waals surface area contributed by atoms with E-state index in [1.54, 1.807) is 12.1 Å². The number of carbonyl (C=O) groups is 4. The Morgan fingerprint density at radius 3 is 2.00 bits per heavy atom. The maximum atomic E-state index is 12.2. The monoisotopic (exact) mass is 616 g/mol. The third-order valence-electron chi connectivity index (χ3n) is 7.31. The highest BCUT2D eigenvalue weighted by molar-refractivity contribution is 6.31. The van der Waals surface area contributed by atoms with Crippen LogP contribution in [0.15, 0.2) is 42.5 Å². The lowest BCUT2D eigenvalue weighted by Gasteiger charge is -2.44. The average molecular weight is 617 g/mol. The first-order chi connectivity index (χ1) is 20.5. The van der Waals surface area contributed by atoms with Gasteiger partial charge in [-0.25, -0.2) is 0 Å². The minimum atomic E-state index is -1.25. The van der Waals surface area contributed by atoms with Crippen LogP contribution in [0.4, 0.5) is 0 Å². The van der Waals surface area contributed by atoms with Crippen LogP contribution in [-0.2, 0) is 49.3 Å². The van der Waals surface area contributed by atoms with E-state index < -0.39 is 54.4 Å². The molecule has 10 nitrogen and oxygen atoms in total. The van der Waals surface area contributed by atoms with E-state index in [9.17, 15) is 19.2 Å². The van der Waals surface area contributed by atoms with Crippen molar-refractivity contribution in [3.8, 4) is 5.75 Å². The molecule has 4 rings (SSSR count). The topological polar surface area (TPSA) is 124 Å². The third-order valence-corrected chi connectivity index (χ3v) is 7.68. The van der Waals surface area contributed by atoms with E-state index in [2.05, 4.69) is 0 Å². The zero-order valence-electron chi connectivity index (χ0n) is 24.7. The van der Waals surface area contributed by atoms with Crippen LogP contribution in [0.3, 0.4) is 0 Å². The van der Waals surface area contributed by atoms with Gasteiger partial charge in [-0.3, -0.25) is 19.2 Å². The van der Waals surface area contributed by atoms with Crippen LogP contribution in [0.5, 0.6) is 5.75 Å². The largest absolute Gasteiger partial charge is 0.490 e. The highest BCUT2D eigenvalue weighted by Crippen LogP contribution is 2.39. The van der Waals surface area contributed by atoms with Crippen molar-refractivity contribution in [2.45, 2.75) is 96.4 Å². The molecule has 2 fully saturated rings. The molecule has 1 aliphatic carbocycles. The number of ether oxygens (including phenoxy) is 6. The van der Waals surface area contributed by atoms with Crippen molar-refractivity contribution < 1.29 is 47.6 Å². The average Bonchev–Trinajstić information content (AvgIpc) is 3.44. The maximum Gasteiger partial charge on any atom is 0.303 e. The van der Waals surface area contributed by atoms with Gasteiger partial charge in [0.15, 0.2) is 18.3 Å². The Morgan fingerprint density at radius 1 is 0.791 bits per heavy atom. The fourth-order valence-corrected chi connectivity index (χ4v) is 5.69. The molecule has 2 aromatic rings. The first kappa shape index (κ1) is 32.3. The minimum Gasteiger partial charge on any atom is -0.490 e. The van der Waals surface area contributed by atoms with Gasteiger partial charge in [0.05, 0.1) is 6.10 Å². The molecule has 2 aromatic carbocycles. The summed E-state index contributed by atoms with van der Waals surface area (Å²) in [5.41, 5.74) is 2.34. The lowest BCUT2D eigenvalue weighted by molar-refractivity contribution is -0.254. The lowest BCUT2D eigenvalue weighted by Crippen LogP contribution is -2.59. The summed E-state index contributed by atoms with van der Waals surface area (Å²) in [6.07, 6.45) is -0.421. The number of halogens is 1. The summed E-state index contributed by atoms with van der Waals surface area (Å²) in [6.45, 7) is 4.50. The van der Waals surface area contributed by atoms with Crippen molar-refractivity contribution in [2.24, 2.45) is 0 Å². The molecule has 1 heterocycles. The van der Waals surface area contributed by atoms with Gasteiger partial charge < -0.3 is 28.4 Å². The van der Waals surface area contributed by atoms with Gasteiger partial charge in [0.2, 0.25) is 0 Å². The second-order valence-corrected chi connectivity index (χ2v) is 11.2. The Kier molecular flexibility index (Phi) is 11.0. The Labute approximate surface area is 255 Å². The highest BCUT2D eigenvalue weighted by atomic mass is 35.5. The van der Waals surface area contributed by atoms with Gasteiger partial charge in [-0.1, -0.05) is 35.9 Å². The van der Waals surface area contributed by atoms with E-state index in [1.807, 2.05) is 30.3 Å². The summed E-state index contributed by atoms with van der Waals surface area (Å²) >= 11 is 6.61. The number of hydrogen-bond donors (Lipinski definition) is 0. The molecule has 0 unspecified atom stereocenters. The summed E-state index contributed by atoms with van der Waals surface area (Å²) in [7, 11) is 0. The third kappa shape index (κ3) is 8.93. The zero-order valence-corrected chi connectivity index (χ0v) is 25.5. The highest BCUT2D eigenvalue weighted by Gasteiger charge is 2.52. The fraction of sp³-hybridized carbons (Fsp3) is 0.500. The minimum absolute atomic E-state index is 0.263. The maximum absolute atomic E-state index is 12.2. The van der Waals surface area contributed by atoms with Crippen LogP contribution >= 0.6 is 11.6 Å². The summed E-state index contributed by atoms with van der Waals surface area (Å²) in [6, 6.07) is 13.1. The normalized spacial score (nSPS) is 23.7. The van der Waals surface area contributed by atoms with Gasteiger partial charge in [-0.15, -0.1) is 0 Å². The first-order valence-electron chi connectivity index (χ1n) is 14.3. The SMILES string of the molecule is CC(=O)OC[C@H]1O[C@@H](c2ccc(Cl)c(Cc3ccc(OC4CCCC4)cc3)c2)[C@H](OC(C)=O)[C@@H](OC(C)=O)[C@@H]1OC(C)=O. The van der Waals surface area contributed by atoms with Crippen molar-refractivity contribution in [1.29, 1.82) is 0 Å². The van der Waals surface area contributed by atoms with Crippen LogP contribution in [0.25, 0.3) is 0 Å². The molecule has 1 saturated carbocycles. The molecular formula is C32H37ClO10. The van der Waals surface area contributed by atoms with E-state index in [1.165, 1.54) is 40.5 Å². The van der Waals surface area contributed by atoms with Crippen molar-refractivity contribution >= 4 is 35.5 Å². The fourth-order valence-electron chi connectivity index (χ4n) is 5.51. The Bertz CT molecular complexity index is 1300. The number of rotatable bonds is 10. The number of carbonyl (C=O) groups excluding carboxylic acids is 4. The van der Waals surface area contributed by atoms with Crippen molar-refractivity contribution in [3.63, 3.8) is 0 Å².